The molecule has 0 heterocycles. The van der Waals surface area contributed by atoms with Crippen molar-refractivity contribution in [3.8, 4) is 0 Å². The Labute approximate surface area is 92.7 Å². The van der Waals surface area contributed by atoms with Crippen LogP contribution in [0.15, 0.2) is 11.6 Å². The van der Waals surface area contributed by atoms with Crippen molar-refractivity contribution in [3.63, 3.8) is 0 Å². The summed E-state index contributed by atoms with van der Waals surface area (Å²) in [6.07, 6.45) is 8.63. The molecule has 0 aromatic carbocycles. The van der Waals surface area contributed by atoms with Crippen LogP contribution >= 0.6 is 0 Å². The van der Waals surface area contributed by atoms with E-state index < -0.39 is 0 Å². The zero-order valence-corrected chi connectivity index (χ0v) is 10.1. The minimum atomic E-state index is -0.186. The van der Waals surface area contributed by atoms with E-state index in [0.717, 1.165) is 11.5 Å². The summed E-state index contributed by atoms with van der Waals surface area (Å²) in [6, 6.07) is 0. The summed E-state index contributed by atoms with van der Waals surface area (Å²) in [4.78, 5) is 11.2. The lowest BCUT2D eigenvalue weighted by Gasteiger charge is -1.99. The highest BCUT2D eigenvalue weighted by molar-refractivity contribution is 5.87. The largest absolute Gasteiger partial charge is 0.466 e. The van der Waals surface area contributed by atoms with Gasteiger partial charge in [0.15, 0.2) is 0 Å². The van der Waals surface area contributed by atoms with E-state index in [1.165, 1.54) is 39.2 Å². The van der Waals surface area contributed by atoms with Crippen LogP contribution in [-0.2, 0) is 9.53 Å². The van der Waals surface area contributed by atoms with E-state index in [1.54, 1.807) is 0 Å². The van der Waals surface area contributed by atoms with Crippen LogP contribution in [0.25, 0.3) is 0 Å². The highest BCUT2D eigenvalue weighted by atomic mass is 16.5. The summed E-state index contributed by atoms with van der Waals surface area (Å²) in [5.41, 5.74) is 0.764. The van der Waals surface area contributed by atoms with E-state index in [0.29, 0.717) is 5.92 Å². The molecule has 86 valence electrons. The van der Waals surface area contributed by atoms with E-state index in [2.05, 4.69) is 17.7 Å². The highest BCUT2D eigenvalue weighted by Crippen LogP contribution is 2.44. The van der Waals surface area contributed by atoms with E-state index >= 15 is 0 Å². The molecule has 2 unspecified atom stereocenters. The van der Waals surface area contributed by atoms with Crippen LogP contribution in [0.2, 0.25) is 0 Å². The molecule has 15 heavy (non-hydrogen) atoms. The number of methoxy groups -OCH3 is 1. The number of carbonyl (C=O) groups is 1. The molecule has 1 aliphatic rings. The van der Waals surface area contributed by atoms with Gasteiger partial charge in [0.2, 0.25) is 0 Å². The molecule has 0 amide bonds. The van der Waals surface area contributed by atoms with Gasteiger partial charge in [-0.1, -0.05) is 32.3 Å². The third-order valence-electron chi connectivity index (χ3n) is 3.13. The maximum absolute atomic E-state index is 11.2. The maximum atomic E-state index is 11.2. The monoisotopic (exact) mass is 210 g/mol. The lowest BCUT2D eigenvalue weighted by atomic mass is 10.1. The Morgan fingerprint density at radius 2 is 2.20 bits per heavy atom. The molecule has 1 aliphatic carbocycles. The molecule has 0 bridgehead atoms. The molecule has 1 saturated carbocycles. The molecule has 0 aliphatic heterocycles. The summed E-state index contributed by atoms with van der Waals surface area (Å²) in [5, 5.41) is 0. The third kappa shape index (κ3) is 4.06. The van der Waals surface area contributed by atoms with Crippen LogP contribution in [0.1, 0.15) is 46.0 Å². The van der Waals surface area contributed by atoms with Gasteiger partial charge in [-0.25, -0.2) is 4.79 Å². The quantitative estimate of drug-likeness (QED) is 0.382. The first kappa shape index (κ1) is 12.3. The van der Waals surface area contributed by atoms with Crippen molar-refractivity contribution < 1.29 is 9.53 Å². The number of esters is 1. The molecular formula is C13H22O2. The van der Waals surface area contributed by atoms with Crippen LogP contribution in [-0.4, -0.2) is 13.1 Å². The molecule has 2 heteroatoms. The average molecular weight is 210 g/mol. The Balaban J connectivity index is 2.23. The van der Waals surface area contributed by atoms with Crippen molar-refractivity contribution in [3.05, 3.63) is 11.6 Å². The fraction of sp³-hybridized carbons (Fsp3) is 0.769. The number of ether oxygens (including phenoxy) is 1. The lowest BCUT2D eigenvalue weighted by Crippen LogP contribution is -2.01. The molecular weight excluding hydrogens is 188 g/mol. The predicted molar refractivity (Wildman–Crippen MR) is 61.5 cm³/mol. The SMILES string of the molecule is CCCCCC1CC1/C=C(\C)C(=O)OC. The fourth-order valence-corrected chi connectivity index (χ4v) is 2.01. The van der Waals surface area contributed by atoms with Gasteiger partial charge in [0.25, 0.3) is 0 Å². The van der Waals surface area contributed by atoms with Gasteiger partial charge in [0, 0.05) is 5.57 Å². The Bertz CT molecular complexity index is 243. The molecule has 2 atom stereocenters. The smallest absolute Gasteiger partial charge is 0.333 e. The molecule has 0 aromatic rings. The number of carbonyl (C=O) groups excluding carboxylic acids is 1. The first-order valence-electron chi connectivity index (χ1n) is 5.95. The highest BCUT2D eigenvalue weighted by Gasteiger charge is 2.34. The summed E-state index contributed by atoms with van der Waals surface area (Å²) >= 11 is 0. The fourth-order valence-electron chi connectivity index (χ4n) is 2.01. The Morgan fingerprint density at radius 3 is 2.80 bits per heavy atom. The molecule has 0 aromatic heterocycles. The number of allylic oxidation sites excluding steroid dienone is 1. The summed E-state index contributed by atoms with van der Waals surface area (Å²) in [6.45, 7) is 4.07. The molecule has 0 N–H and O–H groups in total. The Morgan fingerprint density at radius 1 is 1.47 bits per heavy atom. The first-order valence-corrected chi connectivity index (χ1v) is 5.95. The predicted octanol–water partition coefficient (Wildman–Crippen LogP) is 3.32. The summed E-state index contributed by atoms with van der Waals surface area (Å²) in [7, 11) is 1.44. The van der Waals surface area contributed by atoms with Crippen molar-refractivity contribution in [2.24, 2.45) is 11.8 Å². The minimum absolute atomic E-state index is 0.186. The molecule has 0 saturated heterocycles. The van der Waals surface area contributed by atoms with Crippen LogP contribution in [0.3, 0.4) is 0 Å². The number of hydrogen-bond donors (Lipinski definition) is 0. The minimum Gasteiger partial charge on any atom is -0.466 e. The molecule has 1 fully saturated rings. The summed E-state index contributed by atoms with van der Waals surface area (Å²) in [5.74, 6) is 1.28. The Hall–Kier alpha value is -0.790. The average Bonchev–Trinajstić information content (AvgIpc) is 2.96. The van der Waals surface area contributed by atoms with Gasteiger partial charge in [-0.2, -0.15) is 0 Å². The number of rotatable bonds is 6. The van der Waals surface area contributed by atoms with E-state index in [-0.39, 0.29) is 5.97 Å². The second-order valence-electron chi connectivity index (χ2n) is 4.50. The van der Waals surface area contributed by atoms with Gasteiger partial charge in [-0.15, -0.1) is 0 Å². The number of unbranched alkanes of at least 4 members (excludes halogenated alkanes) is 2. The van der Waals surface area contributed by atoms with Gasteiger partial charge < -0.3 is 4.74 Å². The molecule has 1 rings (SSSR count). The topological polar surface area (TPSA) is 26.3 Å². The molecule has 0 spiro atoms. The van der Waals surface area contributed by atoms with Crippen LogP contribution in [0.4, 0.5) is 0 Å². The van der Waals surface area contributed by atoms with Crippen molar-refractivity contribution >= 4 is 5.97 Å². The normalized spacial score (nSPS) is 25.1. The van der Waals surface area contributed by atoms with Gasteiger partial charge in [0.1, 0.15) is 0 Å². The third-order valence-corrected chi connectivity index (χ3v) is 3.13. The van der Waals surface area contributed by atoms with E-state index in [4.69, 9.17) is 0 Å². The van der Waals surface area contributed by atoms with Gasteiger partial charge >= 0.3 is 5.97 Å². The molecule has 2 nitrogen and oxygen atoms in total. The van der Waals surface area contributed by atoms with Crippen LogP contribution in [0.5, 0.6) is 0 Å². The zero-order valence-electron chi connectivity index (χ0n) is 10.1. The van der Waals surface area contributed by atoms with E-state index in [9.17, 15) is 4.79 Å². The first-order chi connectivity index (χ1) is 7.19. The maximum Gasteiger partial charge on any atom is 0.333 e. The van der Waals surface area contributed by atoms with Crippen molar-refractivity contribution in [1.29, 1.82) is 0 Å². The standard InChI is InChI=1S/C13H22O2/c1-4-5-6-7-11-9-12(11)8-10(2)13(14)15-3/h8,11-12H,4-7,9H2,1-3H3/b10-8+. The molecule has 0 radical (unpaired) electrons. The number of hydrogen-bond acceptors (Lipinski definition) is 2. The van der Waals surface area contributed by atoms with Gasteiger partial charge in [-0.05, 0) is 31.6 Å². The van der Waals surface area contributed by atoms with Crippen LogP contribution < -0.4 is 0 Å². The zero-order chi connectivity index (χ0) is 11.3. The van der Waals surface area contributed by atoms with Crippen molar-refractivity contribution in [2.45, 2.75) is 46.0 Å². The van der Waals surface area contributed by atoms with Gasteiger partial charge in [0.05, 0.1) is 7.11 Å². The second kappa shape index (κ2) is 5.94. The van der Waals surface area contributed by atoms with Crippen molar-refractivity contribution in [2.75, 3.05) is 7.11 Å². The van der Waals surface area contributed by atoms with Gasteiger partial charge in [-0.3, -0.25) is 0 Å². The van der Waals surface area contributed by atoms with E-state index in [1.807, 2.05) is 6.92 Å². The Kier molecular flexibility index (Phi) is 4.86. The van der Waals surface area contributed by atoms with Crippen LogP contribution in [0, 0.1) is 11.8 Å². The lowest BCUT2D eigenvalue weighted by molar-refractivity contribution is -0.136. The second-order valence-corrected chi connectivity index (χ2v) is 4.50. The van der Waals surface area contributed by atoms with Crippen molar-refractivity contribution in [1.82, 2.24) is 0 Å². The summed E-state index contributed by atoms with van der Waals surface area (Å²) < 4.78 is 4.67.